The van der Waals surface area contributed by atoms with Crippen LogP contribution >= 0.6 is 0 Å². The summed E-state index contributed by atoms with van der Waals surface area (Å²) in [4.78, 5) is 11.0. The van der Waals surface area contributed by atoms with Gasteiger partial charge < -0.3 is 11.1 Å². The molecule has 130 valence electrons. The summed E-state index contributed by atoms with van der Waals surface area (Å²) in [5.74, 6) is -3.10. The smallest absolute Gasteiger partial charge is 0.244 e. The van der Waals surface area contributed by atoms with Gasteiger partial charge in [0.1, 0.15) is 16.5 Å². The maximum atomic E-state index is 13.9. The van der Waals surface area contributed by atoms with Crippen molar-refractivity contribution in [3.63, 3.8) is 0 Å². The van der Waals surface area contributed by atoms with Gasteiger partial charge in [-0.1, -0.05) is 0 Å². The van der Waals surface area contributed by atoms with E-state index in [0.29, 0.717) is 6.07 Å². The van der Waals surface area contributed by atoms with Gasteiger partial charge in [-0.3, -0.25) is 4.79 Å². The number of hydrogen-bond donors (Lipinski definition) is 3. The minimum atomic E-state index is -4.23. The quantitative estimate of drug-likeness (QED) is 0.770. The summed E-state index contributed by atoms with van der Waals surface area (Å²) in [6.07, 6.45) is 0. The second-order valence-corrected chi connectivity index (χ2v) is 8.44. The molecule has 0 atom stereocenters. The molecule has 0 aliphatic rings. The van der Waals surface area contributed by atoms with Crippen LogP contribution in [0.2, 0.25) is 0 Å². The Kier molecular flexibility index (Phi) is 5.20. The van der Waals surface area contributed by atoms with Crippen LogP contribution in [0.3, 0.4) is 0 Å². The number of hydrogen-bond acceptors (Lipinski definition) is 4. The first-order chi connectivity index (χ1) is 10.1. The number of sulfonamides is 1. The van der Waals surface area contributed by atoms with E-state index in [1.165, 1.54) is 13.8 Å². The summed E-state index contributed by atoms with van der Waals surface area (Å²) in [5.41, 5.74) is 2.93. The maximum Gasteiger partial charge on any atom is 0.244 e. The molecule has 0 heterocycles. The number of nitrogens with two attached hydrogens (primary N) is 1. The van der Waals surface area contributed by atoms with Crippen LogP contribution in [0, 0.1) is 11.6 Å². The molecular weight excluding hydrogens is 328 g/mol. The van der Waals surface area contributed by atoms with Crippen LogP contribution in [0.4, 0.5) is 14.5 Å². The molecule has 9 heteroatoms. The minimum Gasteiger partial charge on any atom is -0.322 e. The fraction of sp³-hybridized carbons (Fsp3) is 0.500. The molecule has 0 aliphatic carbocycles. The van der Waals surface area contributed by atoms with E-state index in [-0.39, 0.29) is 0 Å². The lowest BCUT2D eigenvalue weighted by Crippen LogP contribution is -2.45. The van der Waals surface area contributed by atoms with Gasteiger partial charge >= 0.3 is 0 Å². The molecule has 6 nitrogen and oxygen atoms in total. The maximum absolute atomic E-state index is 13.9. The van der Waals surface area contributed by atoms with E-state index < -0.39 is 49.2 Å². The van der Waals surface area contributed by atoms with Crippen LogP contribution in [0.25, 0.3) is 0 Å². The van der Waals surface area contributed by atoms with Gasteiger partial charge in [-0.25, -0.2) is 21.9 Å². The van der Waals surface area contributed by atoms with Crippen molar-refractivity contribution in [2.45, 2.75) is 50.6 Å². The van der Waals surface area contributed by atoms with Crippen molar-refractivity contribution in [2.75, 3.05) is 5.32 Å². The number of benzene rings is 1. The molecule has 0 aromatic heterocycles. The predicted octanol–water partition coefficient (Wildman–Crippen LogP) is 1.72. The van der Waals surface area contributed by atoms with Crippen molar-refractivity contribution in [2.24, 2.45) is 5.73 Å². The van der Waals surface area contributed by atoms with Crippen LogP contribution < -0.4 is 15.8 Å². The molecule has 23 heavy (non-hydrogen) atoms. The third-order valence-corrected chi connectivity index (χ3v) is 4.36. The van der Waals surface area contributed by atoms with Gasteiger partial charge in [-0.15, -0.1) is 0 Å². The summed E-state index contributed by atoms with van der Waals surface area (Å²) in [6.45, 7) is 7.51. The molecule has 0 unspecified atom stereocenters. The zero-order valence-electron chi connectivity index (χ0n) is 13.6. The van der Waals surface area contributed by atoms with E-state index >= 15 is 0 Å². The molecule has 0 saturated carbocycles. The molecule has 0 aliphatic heterocycles. The summed E-state index contributed by atoms with van der Waals surface area (Å²) >= 11 is 0. The second-order valence-electron chi connectivity index (χ2n) is 6.79. The van der Waals surface area contributed by atoms with Gasteiger partial charge in [0.2, 0.25) is 15.9 Å². The molecule has 0 radical (unpaired) electrons. The lowest BCUT2D eigenvalue weighted by Gasteiger charge is -2.21. The molecule has 1 aromatic rings. The number of amides is 1. The monoisotopic (exact) mass is 349 g/mol. The third kappa shape index (κ3) is 5.22. The SMILES string of the molecule is CC(C)(C)NS(=O)(=O)c1cc(NC(=O)C(C)(C)N)c(F)cc1F. The zero-order valence-corrected chi connectivity index (χ0v) is 14.4. The van der Waals surface area contributed by atoms with E-state index in [2.05, 4.69) is 10.0 Å². The number of carbonyl (C=O) groups excluding carboxylic acids is 1. The lowest BCUT2D eigenvalue weighted by atomic mass is 10.1. The number of rotatable bonds is 4. The molecule has 0 spiro atoms. The van der Waals surface area contributed by atoms with Crippen LogP contribution in [0.1, 0.15) is 34.6 Å². The minimum absolute atomic E-state index is 0.399. The average molecular weight is 349 g/mol. The molecule has 1 aromatic carbocycles. The highest BCUT2D eigenvalue weighted by Crippen LogP contribution is 2.24. The second kappa shape index (κ2) is 6.14. The van der Waals surface area contributed by atoms with E-state index in [1.807, 2.05) is 0 Å². The first-order valence-electron chi connectivity index (χ1n) is 6.77. The van der Waals surface area contributed by atoms with Crippen molar-refractivity contribution in [3.8, 4) is 0 Å². The van der Waals surface area contributed by atoms with E-state index in [1.54, 1.807) is 20.8 Å². The van der Waals surface area contributed by atoms with Crippen LogP contribution in [-0.2, 0) is 14.8 Å². The van der Waals surface area contributed by atoms with Crippen LogP contribution in [0.5, 0.6) is 0 Å². The molecule has 0 bridgehead atoms. The standard InChI is InChI=1S/C14H21F2N3O3S/c1-13(2,3)19-23(21,22)11-7-10(8(15)6-9(11)16)18-12(20)14(4,5)17/h6-7,19H,17H2,1-5H3,(H,18,20). The number of anilines is 1. The number of carbonyl (C=O) groups is 1. The normalized spacial score (nSPS) is 13.0. The highest BCUT2D eigenvalue weighted by molar-refractivity contribution is 7.89. The van der Waals surface area contributed by atoms with Crippen LogP contribution in [0.15, 0.2) is 17.0 Å². The molecule has 1 amide bonds. The highest BCUT2D eigenvalue weighted by Gasteiger charge is 2.28. The van der Waals surface area contributed by atoms with Gasteiger partial charge in [0.25, 0.3) is 0 Å². The summed E-state index contributed by atoms with van der Waals surface area (Å²) in [6, 6.07) is 1.12. The van der Waals surface area contributed by atoms with Gasteiger partial charge in [0.15, 0.2) is 0 Å². The topological polar surface area (TPSA) is 101 Å². The first-order valence-corrected chi connectivity index (χ1v) is 8.25. The largest absolute Gasteiger partial charge is 0.322 e. The Morgan fingerprint density at radius 1 is 1.09 bits per heavy atom. The van der Waals surface area contributed by atoms with Gasteiger partial charge in [-0.2, -0.15) is 0 Å². The fourth-order valence-electron chi connectivity index (χ4n) is 1.57. The van der Waals surface area contributed by atoms with E-state index in [4.69, 9.17) is 5.73 Å². The average Bonchev–Trinajstić information content (AvgIpc) is 2.27. The Morgan fingerprint density at radius 3 is 2.04 bits per heavy atom. The Morgan fingerprint density at radius 2 is 1.61 bits per heavy atom. The zero-order chi connectivity index (χ0) is 18.2. The molecule has 0 saturated heterocycles. The Bertz CT molecular complexity index is 720. The molecule has 4 N–H and O–H groups in total. The molecule has 0 fully saturated rings. The number of halogens is 2. The fourth-order valence-corrected chi connectivity index (χ4v) is 3.08. The Balaban J connectivity index is 3.32. The van der Waals surface area contributed by atoms with Crippen molar-refractivity contribution in [1.29, 1.82) is 0 Å². The molecule has 1 rings (SSSR count). The third-order valence-electron chi connectivity index (χ3n) is 2.59. The van der Waals surface area contributed by atoms with E-state index in [0.717, 1.165) is 6.07 Å². The van der Waals surface area contributed by atoms with Crippen LogP contribution in [-0.4, -0.2) is 25.4 Å². The first kappa shape index (κ1) is 19.5. The van der Waals surface area contributed by atoms with Crippen molar-refractivity contribution in [1.82, 2.24) is 4.72 Å². The van der Waals surface area contributed by atoms with Crippen molar-refractivity contribution < 1.29 is 22.0 Å². The Hall–Kier alpha value is -1.58. The molecular formula is C14H21F2N3O3S. The number of nitrogens with one attached hydrogen (secondary N) is 2. The van der Waals surface area contributed by atoms with E-state index in [9.17, 15) is 22.0 Å². The Labute approximate surface area is 134 Å². The predicted molar refractivity (Wildman–Crippen MR) is 83.3 cm³/mol. The summed E-state index contributed by atoms with van der Waals surface area (Å²) in [5, 5.41) is 2.15. The summed E-state index contributed by atoms with van der Waals surface area (Å²) in [7, 11) is -4.23. The van der Waals surface area contributed by atoms with Gasteiger partial charge in [0, 0.05) is 11.6 Å². The van der Waals surface area contributed by atoms with Gasteiger partial charge in [-0.05, 0) is 40.7 Å². The summed E-state index contributed by atoms with van der Waals surface area (Å²) < 4.78 is 54.3. The lowest BCUT2D eigenvalue weighted by molar-refractivity contribution is -0.120. The van der Waals surface area contributed by atoms with Crippen molar-refractivity contribution >= 4 is 21.6 Å². The van der Waals surface area contributed by atoms with Crippen molar-refractivity contribution in [3.05, 3.63) is 23.8 Å². The highest BCUT2D eigenvalue weighted by atomic mass is 32.2. The van der Waals surface area contributed by atoms with Gasteiger partial charge in [0.05, 0.1) is 11.2 Å².